The van der Waals surface area contributed by atoms with E-state index in [1.807, 2.05) is 37.4 Å². The topological polar surface area (TPSA) is 86.3 Å². The Morgan fingerprint density at radius 1 is 1.26 bits per heavy atom. The molecule has 3 aromatic rings. The first-order valence-electron chi connectivity index (χ1n) is 8.80. The van der Waals surface area contributed by atoms with Crippen molar-refractivity contribution in [3.63, 3.8) is 0 Å². The van der Waals surface area contributed by atoms with Gasteiger partial charge in [0, 0.05) is 44.9 Å². The summed E-state index contributed by atoms with van der Waals surface area (Å²) >= 11 is 0. The minimum atomic E-state index is -0.0954. The standard InChI is InChI=1S/C19H21N5O3/c1-23-10-16(20-12-23)19(25)24-8-14(11-26-2)15(9-24)18-22-21-17(27-18)13-6-4-3-5-7-13/h3-7,10,12,14-15H,8-9,11H2,1-2H3/t14-,15+/m0/s1. The molecule has 1 fully saturated rings. The molecule has 1 aliphatic rings. The van der Waals surface area contributed by atoms with Crippen molar-refractivity contribution in [2.75, 3.05) is 26.8 Å². The van der Waals surface area contributed by atoms with Gasteiger partial charge in [-0.05, 0) is 12.1 Å². The lowest BCUT2D eigenvalue weighted by Crippen LogP contribution is -2.29. The van der Waals surface area contributed by atoms with Gasteiger partial charge in [0.15, 0.2) is 0 Å². The van der Waals surface area contributed by atoms with E-state index in [0.717, 1.165) is 5.56 Å². The molecule has 8 heteroatoms. The first-order chi connectivity index (χ1) is 13.2. The van der Waals surface area contributed by atoms with E-state index in [-0.39, 0.29) is 17.7 Å². The van der Waals surface area contributed by atoms with Gasteiger partial charge in [-0.15, -0.1) is 10.2 Å². The van der Waals surface area contributed by atoms with Gasteiger partial charge in [0.25, 0.3) is 5.91 Å². The van der Waals surface area contributed by atoms with Gasteiger partial charge in [0.05, 0.1) is 18.9 Å². The monoisotopic (exact) mass is 367 g/mol. The molecular formula is C19H21N5O3. The van der Waals surface area contributed by atoms with Crippen molar-refractivity contribution in [2.24, 2.45) is 13.0 Å². The zero-order valence-corrected chi connectivity index (χ0v) is 15.3. The third-order valence-electron chi connectivity index (χ3n) is 4.81. The van der Waals surface area contributed by atoms with Gasteiger partial charge in [0.2, 0.25) is 11.8 Å². The van der Waals surface area contributed by atoms with Crippen LogP contribution in [0.4, 0.5) is 0 Å². The van der Waals surface area contributed by atoms with Crippen LogP contribution >= 0.6 is 0 Å². The van der Waals surface area contributed by atoms with Gasteiger partial charge >= 0.3 is 0 Å². The number of carbonyl (C=O) groups is 1. The number of amides is 1. The van der Waals surface area contributed by atoms with Crippen molar-refractivity contribution in [2.45, 2.75) is 5.92 Å². The molecule has 27 heavy (non-hydrogen) atoms. The molecule has 0 N–H and O–H groups in total. The Kier molecular flexibility index (Phi) is 4.72. The molecule has 3 heterocycles. The normalized spacial score (nSPS) is 19.6. The second-order valence-electron chi connectivity index (χ2n) is 6.77. The number of carbonyl (C=O) groups excluding carboxylic acids is 1. The van der Waals surface area contributed by atoms with E-state index in [4.69, 9.17) is 9.15 Å². The molecule has 0 bridgehead atoms. The summed E-state index contributed by atoms with van der Waals surface area (Å²) in [6, 6.07) is 9.64. The first kappa shape index (κ1) is 17.4. The highest BCUT2D eigenvalue weighted by molar-refractivity contribution is 5.92. The number of hydrogen-bond acceptors (Lipinski definition) is 6. The van der Waals surface area contributed by atoms with Crippen LogP contribution in [-0.4, -0.2) is 57.4 Å². The minimum Gasteiger partial charge on any atom is -0.420 e. The van der Waals surface area contributed by atoms with Crippen LogP contribution in [0.15, 0.2) is 47.3 Å². The van der Waals surface area contributed by atoms with Gasteiger partial charge in [-0.25, -0.2) is 4.98 Å². The van der Waals surface area contributed by atoms with Crippen LogP contribution in [0.2, 0.25) is 0 Å². The maximum Gasteiger partial charge on any atom is 0.274 e. The predicted octanol–water partition coefficient (Wildman–Crippen LogP) is 1.97. The Balaban J connectivity index is 1.56. The van der Waals surface area contributed by atoms with Gasteiger partial charge in [-0.3, -0.25) is 4.79 Å². The largest absolute Gasteiger partial charge is 0.420 e. The zero-order chi connectivity index (χ0) is 18.8. The molecule has 0 unspecified atom stereocenters. The molecule has 1 amide bonds. The molecule has 0 radical (unpaired) electrons. The van der Waals surface area contributed by atoms with Crippen molar-refractivity contribution in [1.82, 2.24) is 24.6 Å². The molecule has 140 valence electrons. The molecule has 1 aliphatic heterocycles. The molecular weight excluding hydrogens is 346 g/mol. The summed E-state index contributed by atoms with van der Waals surface area (Å²) in [4.78, 5) is 18.7. The number of rotatable bonds is 5. The van der Waals surface area contributed by atoms with E-state index in [0.29, 0.717) is 37.2 Å². The van der Waals surface area contributed by atoms with E-state index < -0.39 is 0 Å². The van der Waals surface area contributed by atoms with Crippen LogP contribution in [0.1, 0.15) is 22.3 Å². The van der Waals surface area contributed by atoms with Crippen LogP contribution in [-0.2, 0) is 11.8 Å². The van der Waals surface area contributed by atoms with E-state index >= 15 is 0 Å². The number of benzene rings is 1. The second-order valence-corrected chi connectivity index (χ2v) is 6.77. The number of imidazole rings is 1. The molecule has 0 saturated carbocycles. The molecule has 8 nitrogen and oxygen atoms in total. The van der Waals surface area contributed by atoms with Crippen molar-refractivity contribution < 1.29 is 13.9 Å². The molecule has 0 spiro atoms. The van der Waals surface area contributed by atoms with E-state index in [1.165, 1.54) is 0 Å². The number of hydrogen-bond donors (Lipinski definition) is 0. The Labute approximate surface area is 156 Å². The van der Waals surface area contributed by atoms with E-state index in [9.17, 15) is 4.79 Å². The molecule has 1 aromatic carbocycles. The number of aryl methyl sites for hydroxylation is 1. The Bertz CT molecular complexity index is 920. The third-order valence-corrected chi connectivity index (χ3v) is 4.81. The quantitative estimate of drug-likeness (QED) is 0.685. The number of ether oxygens (including phenoxy) is 1. The Morgan fingerprint density at radius 3 is 2.78 bits per heavy atom. The van der Waals surface area contributed by atoms with Crippen molar-refractivity contribution in [1.29, 1.82) is 0 Å². The summed E-state index contributed by atoms with van der Waals surface area (Å²) in [5.41, 5.74) is 1.31. The van der Waals surface area contributed by atoms with Gasteiger partial charge in [0.1, 0.15) is 5.69 Å². The average molecular weight is 367 g/mol. The fraction of sp³-hybridized carbons (Fsp3) is 0.368. The highest BCUT2D eigenvalue weighted by Gasteiger charge is 2.40. The maximum atomic E-state index is 12.8. The molecule has 2 atom stereocenters. The first-order valence-corrected chi connectivity index (χ1v) is 8.80. The molecule has 0 aliphatic carbocycles. The number of methoxy groups -OCH3 is 1. The smallest absolute Gasteiger partial charge is 0.274 e. The minimum absolute atomic E-state index is 0.0671. The summed E-state index contributed by atoms with van der Waals surface area (Å²) < 4.78 is 13.1. The van der Waals surface area contributed by atoms with Crippen LogP contribution in [0.25, 0.3) is 11.5 Å². The van der Waals surface area contributed by atoms with E-state index in [1.54, 1.807) is 29.1 Å². The van der Waals surface area contributed by atoms with E-state index in [2.05, 4.69) is 15.2 Å². The number of likely N-dealkylation sites (tertiary alicyclic amines) is 1. The summed E-state index contributed by atoms with van der Waals surface area (Å²) in [7, 11) is 3.50. The Hall–Kier alpha value is -3.00. The number of nitrogens with zero attached hydrogens (tertiary/aromatic N) is 5. The SMILES string of the molecule is COC[C@@H]1CN(C(=O)c2cn(C)cn2)C[C@H]1c1nnc(-c2ccccc2)o1. The van der Waals surface area contributed by atoms with Crippen LogP contribution < -0.4 is 0 Å². The highest BCUT2D eigenvalue weighted by atomic mass is 16.5. The molecule has 1 saturated heterocycles. The maximum absolute atomic E-state index is 12.8. The predicted molar refractivity (Wildman–Crippen MR) is 97.0 cm³/mol. The van der Waals surface area contributed by atoms with Crippen LogP contribution in [0.5, 0.6) is 0 Å². The van der Waals surface area contributed by atoms with Gasteiger partial charge in [-0.1, -0.05) is 18.2 Å². The second kappa shape index (κ2) is 7.32. The van der Waals surface area contributed by atoms with Crippen molar-refractivity contribution >= 4 is 5.91 Å². The molecule has 4 rings (SSSR count). The van der Waals surface area contributed by atoms with Crippen LogP contribution in [0, 0.1) is 5.92 Å². The number of aromatic nitrogens is 4. The fourth-order valence-electron chi connectivity index (χ4n) is 3.47. The zero-order valence-electron chi connectivity index (χ0n) is 15.3. The summed E-state index contributed by atoms with van der Waals surface area (Å²) in [5, 5.41) is 8.43. The lowest BCUT2D eigenvalue weighted by Gasteiger charge is -2.14. The summed E-state index contributed by atoms with van der Waals surface area (Å²) in [6.45, 7) is 1.58. The lowest BCUT2D eigenvalue weighted by molar-refractivity contribution is 0.0770. The summed E-state index contributed by atoms with van der Waals surface area (Å²) in [6.07, 6.45) is 3.35. The molecule has 2 aromatic heterocycles. The Morgan fingerprint density at radius 2 is 2.07 bits per heavy atom. The fourth-order valence-corrected chi connectivity index (χ4v) is 3.47. The van der Waals surface area contributed by atoms with Gasteiger partial charge < -0.3 is 18.6 Å². The average Bonchev–Trinajstić information content (AvgIpc) is 3.41. The summed E-state index contributed by atoms with van der Waals surface area (Å²) in [5.74, 6) is 0.944. The van der Waals surface area contributed by atoms with Crippen LogP contribution in [0.3, 0.4) is 0 Å². The highest BCUT2D eigenvalue weighted by Crippen LogP contribution is 2.34. The van der Waals surface area contributed by atoms with Gasteiger partial charge in [-0.2, -0.15) is 0 Å². The van der Waals surface area contributed by atoms with Crippen molar-refractivity contribution in [3.05, 3.63) is 54.4 Å². The van der Waals surface area contributed by atoms with Crippen molar-refractivity contribution in [3.8, 4) is 11.5 Å². The lowest BCUT2D eigenvalue weighted by atomic mass is 9.97. The third kappa shape index (κ3) is 3.48.